The highest BCUT2D eigenvalue weighted by Gasteiger charge is 2.21. The van der Waals surface area contributed by atoms with Gasteiger partial charge < -0.3 is 9.80 Å². The van der Waals surface area contributed by atoms with Crippen LogP contribution >= 0.6 is 11.6 Å². The highest BCUT2D eigenvalue weighted by atomic mass is 35.5. The number of amides is 2. The molecule has 3 rings (SSSR count). The fourth-order valence-corrected chi connectivity index (χ4v) is 3.82. The Morgan fingerprint density at radius 2 is 1.50 bits per heavy atom. The number of benzene rings is 2. The number of rotatable bonds is 1. The van der Waals surface area contributed by atoms with E-state index in [1.807, 2.05) is 34.1 Å². The quantitative estimate of drug-likeness (QED) is 0.654. The molecule has 0 fully saturated rings. The molecule has 4 nitrogen and oxygen atoms in total. The van der Waals surface area contributed by atoms with Crippen molar-refractivity contribution in [2.24, 2.45) is 0 Å². The summed E-state index contributed by atoms with van der Waals surface area (Å²) in [6.07, 6.45) is 5.29. The van der Waals surface area contributed by atoms with Crippen molar-refractivity contribution in [2.75, 3.05) is 18.0 Å². The van der Waals surface area contributed by atoms with Crippen molar-refractivity contribution in [3.63, 3.8) is 0 Å². The van der Waals surface area contributed by atoms with Crippen molar-refractivity contribution in [3.05, 3.63) is 64.7 Å². The second-order valence-electron chi connectivity index (χ2n) is 7.30. The fraction of sp³-hybridized carbons (Fsp3) is 0.391. The largest absolute Gasteiger partial charge is 0.334 e. The Morgan fingerprint density at radius 3 is 2.21 bits per heavy atom. The summed E-state index contributed by atoms with van der Waals surface area (Å²) < 4.78 is 0. The average molecular weight is 399 g/mol. The minimum atomic E-state index is -0.00194. The van der Waals surface area contributed by atoms with E-state index in [4.69, 9.17) is 11.6 Å². The summed E-state index contributed by atoms with van der Waals surface area (Å²) in [6.45, 7) is 3.52. The van der Waals surface area contributed by atoms with Gasteiger partial charge in [-0.15, -0.1) is 0 Å². The lowest BCUT2D eigenvalue weighted by atomic mass is 10.1. The Hall–Kier alpha value is -2.33. The SMILES string of the molecule is CC(=O)N1CCCCCCCN(C(=O)c2ccc(Cl)cc2)Cc2ccccc21. The van der Waals surface area contributed by atoms with Crippen molar-refractivity contribution >= 4 is 29.1 Å². The third-order valence-electron chi connectivity index (χ3n) is 5.21. The van der Waals surface area contributed by atoms with Gasteiger partial charge in [-0.05, 0) is 48.7 Å². The van der Waals surface area contributed by atoms with Crippen molar-refractivity contribution in [1.29, 1.82) is 0 Å². The molecule has 1 heterocycles. The summed E-state index contributed by atoms with van der Waals surface area (Å²) in [4.78, 5) is 29.2. The molecule has 28 heavy (non-hydrogen) atoms. The van der Waals surface area contributed by atoms with Gasteiger partial charge >= 0.3 is 0 Å². The summed E-state index contributed by atoms with van der Waals surface area (Å²) in [5.74, 6) is 0.0398. The van der Waals surface area contributed by atoms with Crippen LogP contribution in [0.1, 0.15) is 54.9 Å². The molecular weight excluding hydrogens is 372 g/mol. The highest BCUT2D eigenvalue weighted by Crippen LogP contribution is 2.25. The van der Waals surface area contributed by atoms with Crippen LogP contribution in [0.2, 0.25) is 5.02 Å². The molecule has 1 aliphatic heterocycles. The Labute approximate surface area is 172 Å². The Balaban J connectivity index is 1.93. The zero-order chi connectivity index (χ0) is 19.9. The lowest BCUT2D eigenvalue weighted by Gasteiger charge is -2.29. The molecule has 0 unspecified atom stereocenters. The molecule has 0 atom stereocenters. The first-order valence-corrected chi connectivity index (χ1v) is 10.3. The lowest BCUT2D eigenvalue weighted by molar-refractivity contribution is -0.116. The third-order valence-corrected chi connectivity index (χ3v) is 5.46. The van der Waals surface area contributed by atoms with Gasteiger partial charge in [0.25, 0.3) is 5.91 Å². The molecule has 0 saturated heterocycles. The number of hydrogen-bond acceptors (Lipinski definition) is 2. The van der Waals surface area contributed by atoms with E-state index < -0.39 is 0 Å². The van der Waals surface area contributed by atoms with E-state index in [1.165, 1.54) is 0 Å². The highest BCUT2D eigenvalue weighted by molar-refractivity contribution is 6.30. The van der Waals surface area contributed by atoms with Crippen LogP contribution in [0.25, 0.3) is 0 Å². The van der Waals surface area contributed by atoms with Gasteiger partial charge in [-0.2, -0.15) is 0 Å². The van der Waals surface area contributed by atoms with Crippen LogP contribution in [0.15, 0.2) is 48.5 Å². The Kier molecular flexibility index (Phi) is 7.10. The first kappa shape index (κ1) is 20.4. The van der Waals surface area contributed by atoms with Gasteiger partial charge in [0.15, 0.2) is 0 Å². The van der Waals surface area contributed by atoms with E-state index in [-0.39, 0.29) is 11.8 Å². The van der Waals surface area contributed by atoms with Gasteiger partial charge in [0.1, 0.15) is 0 Å². The van der Waals surface area contributed by atoms with E-state index in [1.54, 1.807) is 31.2 Å². The predicted octanol–water partition coefficient (Wildman–Crippen LogP) is 5.30. The molecule has 0 spiro atoms. The summed E-state index contributed by atoms with van der Waals surface area (Å²) in [5.41, 5.74) is 2.54. The second-order valence-corrected chi connectivity index (χ2v) is 7.74. The van der Waals surface area contributed by atoms with Crippen LogP contribution in [0, 0.1) is 0 Å². The Morgan fingerprint density at radius 1 is 0.857 bits per heavy atom. The molecule has 0 bridgehead atoms. The standard InChI is InChI=1S/C23H27ClN2O2/c1-18(27)26-16-8-4-2-3-7-15-25(17-20-9-5-6-10-22(20)26)23(28)19-11-13-21(24)14-12-19/h5-6,9-14H,2-4,7-8,15-17H2,1H3. The lowest BCUT2D eigenvalue weighted by Crippen LogP contribution is -2.34. The monoisotopic (exact) mass is 398 g/mol. The number of nitrogens with zero attached hydrogens (tertiary/aromatic N) is 2. The van der Waals surface area contributed by atoms with Crippen molar-refractivity contribution in [3.8, 4) is 0 Å². The molecule has 2 aromatic carbocycles. The number of hydrogen-bond donors (Lipinski definition) is 0. The van der Waals surface area contributed by atoms with Crippen molar-refractivity contribution in [1.82, 2.24) is 4.90 Å². The Bertz CT molecular complexity index is 820. The number of fused-ring (bicyclic) bond motifs is 1. The normalized spacial score (nSPS) is 15.9. The van der Waals surface area contributed by atoms with Gasteiger partial charge in [0, 0.05) is 42.8 Å². The van der Waals surface area contributed by atoms with E-state index in [0.717, 1.165) is 49.9 Å². The number of anilines is 1. The van der Waals surface area contributed by atoms with Gasteiger partial charge in [-0.3, -0.25) is 9.59 Å². The van der Waals surface area contributed by atoms with Gasteiger partial charge in [0.2, 0.25) is 5.91 Å². The maximum absolute atomic E-state index is 13.2. The predicted molar refractivity (Wildman–Crippen MR) is 114 cm³/mol. The first-order valence-electron chi connectivity index (χ1n) is 9.97. The summed E-state index contributed by atoms with van der Waals surface area (Å²) in [5, 5.41) is 0.618. The van der Waals surface area contributed by atoms with Crippen LogP contribution < -0.4 is 4.90 Å². The van der Waals surface area contributed by atoms with Crippen molar-refractivity contribution < 1.29 is 9.59 Å². The molecule has 148 valence electrons. The number of carbonyl (C=O) groups excluding carboxylic acids is 2. The zero-order valence-electron chi connectivity index (χ0n) is 16.4. The van der Waals surface area contributed by atoms with Gasteiger partial charge in [-0.25, -0.2) is 0 Å². The van der Waals surface area contributed by atoms with E-state index in [0.29, 0.717) is 23.7 Å². The number of halogens is 1. The van der Waals surface area contributed by atoms with E-state index in [9.17, 15) is 9.59 Å². The van der Waals surface area contributed by atoms with Crippen LogP contribution in [0.4, 0.5) is 5.69 Å². The molecule has 1 aliphatic rings. The first-order chi connectivity index (χ1) is 13.6. The number of para-hydroxylation sites is 1. The summed E-state index contributed by atoms with van der Waals surface area (Å²) >= 11 is 5.97. The topological polar surface area (TPSA) is 40.6 Å². The molecule has 2 amide bonds. The molecule has 0 N–H and O–H groups in total. The maximum atomic E-state index is 13.2. The van der Waals surface area contributed by atoms with Crippen LogP contribution in [0.5, 0.6) is 0 Å². The molecule has 5 heteroatoms. The second kappa shape index (κ2) is 9.74. The molecule has 0 radical (unpaired) electrons. The van der Waals surface area contributed by atoms with Crippen LogP contribution in [-0.4, -0.2) is 29.8 Å². The summed E-state index contributed by atoms with van der Waals surface area (Å²) in [6, 6.07) is 14.9. The molecule has 0 saturated carbocycles. The minimum absolute atomic E-state index is 0.00194. The van der Waals surface area contributed by atoms with E-state index >= 15 is 0 Å². The zero-order valence-corrected chi connectivity index (χ0v) is 17.1. The smallest absolute Gasteiger partial charge is 0.254 e. The molecule has 0 aliphatic carbocycles. The average Bonchev–Trinajstić information content (AvgIpc) is 2.68. The third kappa shape index (κ3) is 5.14. The van der Waals surface area contributed by atoms with Crippen molar-refractivity contribution in [2.45, 2.75) is 45.6 Å². The maximum Gasteiger partial charge on any atom is 0.254 e. The molecule has 0 aromatic heterocycles. The van der Waals surface area contributed by atoms with Crippen LogP contribution in [-0.2, 0) is 11.3 Å². The molecular formula is C23H27ClN2O2. The minimum Gasteiger partial charge on any atom is -0.334 e. The molecule has 2 aromatic rings. The number of carbonyl (C=O) groups is 2. The van der Waals surface area contributed by atoms with Gasteiger partial charge in [-0.1, -0.05) is 49.1 Å². The van der Waals surface area contributed by atoms with Gasteiger partial charge in [0.05, 0.1) is 0 Å². The summed E-state index contributed by atoms with van der Waals surface area (Å²) in [7, 11) is 0. The van der Waals surface area contributed by atoms with Crippen LogP contribution in [0.3, 0.4) is 0 Å². The fourth-order valence-electron chi connectivity index (χ4n) is 3.69. The van der Waals surface area contributed by atoms with E-state index in [2.05, 4.69) is 0 Å².